The van der Waals surface area contributed by atoms with Crippen LogP contribution in [0, 0.1) is 0 Å². The Morgan fingerprint density at radius 3 is 2.27 bits per heavy atom. The molecule has 1 heterocycles. The number of benzene rings is 2. The molecule has 3 rings (SSSR count). The topological polar surface area (TPSA) is 76.7 Å². The number of hydrogen-bond donors (Lipinski definition) is 2. The highest BCUT2D eigenvalue weighted by atomic mass is 16.6. The number of urea groups is 1. The van der Waals surface area contributed by atoms with Gasteiger partial charge in [0.05, 0.1) is 5.54 Å². The van der Waals surface area contributed by atoms with Crippen LogP contribution >= 0.6 is 0 Å². The zero-order chi connectivity index (χ0) is 18.7. The molecule has 136 valence electrons. The van der Waals surface area contributed by atoms with Crippen LogP contribution in [0.4, 0.5) is 10.5 Å². The number of amides is 2. The number of carbonyl (C=O) groups excluding carboxylic acids is 2. The van der Waals surface area contributed by atoms with Crippen molar-refractivity contribution in [2.24, 2.45) is 0 Å². The molecular weight excluding hydrogens is 332 g/mol. The van der Waals surface area contributed by atoms with E-state index in [1.54, 1.807) is 24.3 Å². The second-order valence-corrected chi connectivity index (χ2v) is 6.70. The molecule has 1 aliphatic rings. The van der Waals surface area contributed by atoms with Crippen molar-refractivity contribution >= 4 is 17.5 Å². The summed E-state index contributed by atoms with van der Waals surface area (Å²) in [6.07, 6.45) is 0. The van der Waals surface area contributed by atoms with Crippen molar-refractivity contribution < 1.29 is 19.1 Å². The lowest BCUT2D eigenvalue weighted by Gasteiger charge is -2.28. The summed E-state index contributed by atoms with van der Waals surface area (Å²) in [6.45, 7) is 6.39. The van der Waals surface area contributed by atoms with Crippen molar-refractivity contribution in [3.63, 3.8) is 0 Å². The van der Waals surface area contributed by atoms with Crippen molar-refractivity contribution in [2.45, 2.75) is 26.3 Å². The molecule has 0 aliphatic carbocycles. The zero-order valence-electron chi connectivity index (χ0n) is 15.1. The third-order valence-electron chi connectivity index (χ3n) is 4.24. The highest BCUT2D eigenvalue weighted by Crippen LogP contribution is 2.34. The van der Waals surface area contributed by atoms with Crippen molar-refractivity contribution in [3.05, 3.63) is 53.6 Å². The summed E-state index contributed by atoms with van der Waals surface area (Å²) in [6, 6.07) is 12.1. The van der Waals surface area contributed by atoms with E-state index in [0.717, 1.165) is 5.56 Å². The van der Waals surface area contributed by atoms with Crippen LogP contribution in [0.25, 0.3) is 0 Å². The molecule has 0 aromatic heterocycles. The molecule has 0 unspecified atom stereocenters. The fourth-order valence-corrected chi connectivity index (χ4v) is 2.74. The van der Waals surface area contributed by atoms with Gasteiger partial charge in [0.15, 0.2) is 17.3 Å². The minimum Gasteiger partial charge on any atom is -0.486 e. The Balaban J connectivity index is 1.68. The van der Waals surface area contributed by atoms with Gasteiger partial charge in [0.1, 0.15) is 13.2 Å². The monoisotopic (exact) mass is 354 g/mol. The first-order valence-electron chi connectivity index (χ1n) is 8.45. The molecule has 0 saturated heterocycles. The first kappa shape index (κ1) is 17.8. The summed E-state index contributed by atoms with van der Waals surface area (Å²) in [4.78, 5) is 23.7. The van der Waals surface area contributed by atoms with Gasteiger partial charge in [-0.15, -0.1) is 0 Å². The molecule has 0 fully saturated rings. The smallest absolute Gasteiger partial charge is 0.319 e. The quantitative estimate of drug-likeness (QED) is 0.821. The van der Waals surface area contributed by atoms with Crippen molar-refractivity contribution in [1.82, 2.24) is 5.32 Å². The van der Waals surface area contributed by atoms with Gasteiger partial charge in [-0.25, -0.2) is 4.79 Å². The van der Waals surface area contributed by atoms with E-state index in [9.17, 15) is 9.59 Å². The van der Waals surface area contributed by atoms with Crippen LogP contribution in [0.15, 0.2) is 42.5 Å². The summed E-state index contributed by atoms with van der Waals surface area (Å²) >= 11 is 0. The van der Waals surface area contributed by atoms with Gasteiger partial charge in [0, 0.05) is 11.3 Å². The predicted octanol–water partition coefficient (Wildman–Crippen LogP) is 3.72. The lowest BCUT2D eigenvalue weighted by molar-refractivity contribution is 0.101. The van der Waals surface area contributed by atoms with E-state index in [-0.39, 0.29) is 11.8 Å². The van der Waals surface area contributed by atoms with Crippen LogP contribution in [0.3, 0.4) is 0 Å². The lowest BCUT2D eigenvalue weighted by Crippen LogP contribution is -2.43. The first-order chi connectivity index (χ1) is 12.3. The maximum Gasteiger partial charge on any atom is 0.319 e. The molecule has 1 aliphatic heterocycles. The third kappa shape index (κ3) is 3.96. The Bertz CT molecular complexity index is 828. The van der Waals surface area contributed by atoms with E-state index in [1.807, 2.05) is 32.0 Å². The number of hydrogen-bond acceptors (Lipinski definition) is 4. The molecular formula is C20H22N2O4. The Labute approximate surface area is 152 Å². The number of rotatable bonds is 4. The molecule has 0 radical (unpaired) electrons. The van der Waals surface area contributed by atoms with Crippen LogP contribution in [0.5, 0.6) is 11.5 Å². The number of Topliss-reactive ketones (excluding diaryl/α,β-unsaturated/α-hetero) is 1. The summed E-state index contributed by atoms with van der Waals surface area (Å²) < 4.78 is 11.1. The number of nitrogens with one attached hydrogen (secondary N) is 2. The molecule has 0 atom stereocenters. The second kappa shape index (κ2) is 7.07. The summed E-state index contributed by atoms with van der Waals surface area (Å²) in [5.41, 5.74) is 1.51. The molecule has 26 heavy (non-hydrogen) atoms. The van der Waals surface area contributed by atoms with Crippen molar-refractivity contribution in [2.75, 3.05) is 18.5 Å². The molecule has 0 spiro atoms. The number of ketones is 1. The van der Waals surface area contributed by atoms with Gasteiger partial charge in [-0.05, 0) is 62.7 Å². The van der Waals surface area contributed by atoms with Crippen molar-refractivity contribution in [3.8, 4) is 11.5 Å². The minimum atomic E-state index is -0.612. The van der Waals surface area contributed by atoms with Gasteiger partial charge in [0.2, 0.25) is 0 Å². The van der Waals surface area contributed by atoms with E-state index in [2.05, 4.69) is 10.6 Å². The van der Waals surface area contributed by atoms with E-state index in [0.29, 0.717) is 36.0 Å². The molecule has 2 amide bonds. The molecule has 2 aromatic carbocycles. The van der Waals surface area contributed by atoms with E-state index < -0.39 is 5.54 Å². The van der Waals surface area contributed by atoms with Gasteiger partial charge in [0.25, 0.3) is 0 Å². The second-order valence-electron chi connectivity index (χ2n) is 6.70. The first-order valence-corrected chi connectivity index (χ1v) is 8.45. The standard InChI is InChI=1S/C20H22N2O4/c1-13(23)14-4-7-16(8-5-14)21-19(24)22-20(2,3)15-6-9-17-18(12-15)26-11-10-25-17/h4-9,12H,10-11H2,1-3H3,(H2,21,22,24). The largest absolute Gasteiger partial charge is 0.486 e. The molecule has 6 heteroatoms. The fourth-order valence-electron chi connectivity index (χ4n) is 2.74. The van der Waals surface area contributed by atoms with E-state index in [1.165, 1.54) is 6.92 Å². The van der Waals surface area contributed by atoms with Crippen LogP contribution < -0.4 is 20.1 Å². The number of anilines is 1. The molecule has 0 bridgehead atoms. The van der Waals surface area contributed by atoms with Gasteiger partial charge in [-0.3, -0.25) is 4.79 Å². The Morgan fingerprint density at radius 1 is 0.962 bits per heavy atom. The SMILES string of the molecule is CC(=O)c1ccc(NC(=O)NC(C)(C)c2ccc3c(c2)OCCO3)cc1. The fraction of sp³-hybridized carbons (Fsp3) is 0.300. The maximum absolute atomic E-state index is 12.4. The van der Waals surface area contributed by atoms with Crippen LogP contribution in [-0.4, -0.2) is 25.0 Å². The maximum atomic E-state index is 12.4. The number of ether oxygens (including phenoxy) is 2. The van der Waals surface area contributed by atoms with Crippen LogP contribution in [0.2, 0.25) is 0 Å². The summed E-state index contributed by atoms with van der Waals surface area (Å²) in [5, 5.41) is 5.73. The van der Waals surface area contributed by atoms with Gasteiger partial charge in [-0.2, -0.15) is 0 Å². The minimum absolute atomic E-state index is 0.0132. The Morgan fingerprint density at radius 2 is 1.62 bits per heavy atom. The Hall–Kier alpha value is -3.02. The van der Waals surface area contributed by atoms with Crippen molar-refractivity contribution in [1.29, 1.82) is 0 Å². The zero-order valence-corrected chi connectivity index (χ0v) is 15.1. The average molecular weight is 354 g/mol. The molecule has 6 nitrogen and oxygen atoms in total. The predicted molar refractivity (Wildman–Crippen MR) is 99.1 cm³/mol. The van der Waals surface area contributed by atoms with Gasteiger partial charge >= 0.3 is 6.03 Å². The Kier molecular flexibility index (Phi) is 4.84. The van der Waals surface area contributed by atoms with Crippen LogP contribution in [0.1, 0.15) is 36.7 Å². The number of carbonyl (C=O) groups is 2. The normalized spacial score (nSPS) is 13.0. The molecule has 2 N–H and O–H groups in total. The van der Waals surface area contributed by atoms with Crippen LogP contribution in [-0.2, 0) is 5.54 Å². The van der Waals surface area contributed by atoms with Gasteiger partial charge in [-0.1, -0.05) is 6.07 Å². The van der Waals surface area contributed by atoms with E-state index in [4.69, 9.17) is 9.47 Å². The molecule has 2 aromatic rings. The highest BCUT2D eigenvalue weighted by Gasteiger charge is 2.25. The summed E-state index contributed by atoms with van der Waals surface area (Å²) in [7, 11) is 0. The number of fused-ring (bicyclic) bond motifs is 1. The molecule has 0 saturated carbocycles. The van der Waals surface area contributed by atoms with E-state index >= 15 is 0 Å². The lowest BCUT2D eigenvalue weighted by atomic mass is 9.94. The van der Waals surface area contributed by atoms with Gasteiger partial charge < -0.3 is 20.1 Å². The summed E-state index contributed by atoms with van der Waals surface area (Å²) in [5.74, 6) is 1.38. The third-order valence-corrected chi connectivity index (χ3v) is 4.24. The highest BCUT2D eigenvalue weighted by molar-refractivity contribution is 5.95. The average Bonchev–Trinajstić information content (AvgIpc) is 2.61.